The minimum Gasteiger partial charge on any atom is -0.491 e. The summed E-state index contributed by atoms with van der Waals surface area (Å²) in [5, 5.41) is 14.3. The van der Waals surface area contributed by atoms with Crippen LogP contribution in [0, 0.1) is 0 Å². The molecule has 1 aliphatic heterocycles. The number of aliphatic hydroxyl groups is 1. The molecule has 6 nitrogen and oxygen atoms in total. The number of para-hydroxylation sites is 1. The first-order valence-corrected chi connectivity index (χ1v) is 10.4. The molecule has 0 saturated carbocycles. The molecule has 1 atom stereocenters. The lowest BCUT2D eigenvalue weighted by Gasteiger charge is -2.30. The summed E-state index contributed by atoms with van der Waals surface area (Å²) in [6.45, 7) is 4.14. The molecule has 2 heterocycles. The van der Waals surface area contributed by atoms with Crippen LogP contribution in [0.2, 0.25) is 0 Å². The molecular formula is C24H29N3O3. The summed E-state index contributed by atoms with van der Waals surface area (Å²) >= 11 is 0. The molecule has 0 spiro atoms. The van der Waals surface area contributed by atoms with Gasteiger partial charge < -0.3 is 14.4 Å². The van der Waals surface area contributed by atoms with Gasteiger partial charge in [-0.25, -0.2) is 0 Å². The summed E-state index contributed by atoms with van der Waals surface area (Å²) < 4.78 is 11.2. The fourth-order valence-electron chi connectivity index (χ4n) is 3.96. The third-order valence-corrected chi connectivity index (χ3v) is 5.44. The highest BCUT2D eigenvalue weighted by molar-refractivity contribution is 5.33. The Hall–Kier alpha value is -2.67. The lowest BCUT2D eigenvalue weighted by atomic mass is 10.00. The predicted molar refractivity (Wildman–Crippen MR) is 115 cm³/mol. The number of β-amino-alcohol motifs (C(OH)–C–C–N with tert-alkyl or cyclic N) is 1. The number of nitrogens with zero attached hydrogens (tertiary/aromatic N) is 3. The number of benzene rings is 2. The van der Waals surface area contributed by atoms with Gasteiger partial charge in [-0.3, -0.25) is 9.80 Å². The van der Waals surface area contributed by atoms with Gasteiger partial charge in [0.25, 0.3) is 0 Å². The number of rotatable bonds is 9. The summed E-state index contributed by atoms with van der Waals surface area (Å²) in [5.41, 5.74) is 3.86. The monoisotopic (exact) mass is 407 g/mol. The van der Waals surface area contributed by atoms with E-state index in [1.807, 2.05) is 31.3 Å². The van der Waals surface area contributed by atoms with Crippen LogP contribution in [0.4, 0.5) is 0 Å². The molecule has 30 heavy (non-hydrogen) atoms. The van der Waals surface area contributed by atoms with E-state index >= 15 is 0 Å². The van der Waals surface area contributed by atoms with Crippen molar-refractivity contribution in [2.45, 2.75) is 32.2 Å². The van der Waals surface area contributed by atoms with Crippen molar-refractivity contribution in [2.75, 3.05) is 26.7 Å². The van der Waals surface area contributed by atoms with Crippen LogP contribution in [0.25, 0.3) is 0 Å². The molecule has 0 radical (unpaired) electrons. The van der Waals surface area contributed by atoms with E-state index in [0.29, 0.717) is 13.1 Å². The molecule has 6 heteroatoms. The van der Waals surface area contributed by atoms with Gasteiger partial charge in [-0.15, -0.1) is 0 Å². The Balaban J connectivity index is 1.28. The second kappa shape index (κ2) is 9.89. The first kappa shape index (κ1) is 20.6. The molecule has 1 aromatic heterocycles. The number of hydrogen-bond acceptors (Lipinski definition) is 6. The lowest BCUT2D eigenvalue weighted by molar-refractivity contribution is 0.0632. The van der Waals surface area contributed by atoms with Gasteiger partial charge in [0.2, 0.25) is 0 Å². The summed E-state index contributed by atoms with van der Waals surface area (Å²) in [6.07, 6.45) is 2.15. The van der Waals surface area contributed by atoms with E-state index in [0.717, 1.165) is 43.1 Å². The van der Waals surface area contributed by atoms with Crippen molar-refractivity contribution in [1.29, 1.82) is 0 Å². The Kier molecular flexibility index (Phi) is 6.79. The number of ether oxygens (including phenoxy) is 1. The maximum atomic E-state index is 10.6. The Morgan fingerprint density at radius 2 is 1.90 bits per heavy atom. The molecule has 158 valence electrons. The lowest BCUT2D eigenvalue weighted by Crippen LogP contribution is -2.38. The second-order valence-electron chi connectivity index (χ2n) is 7.98. The van der Waals surface area contributed by atoms with Crippen molar-refractivity contribution in [3.05, 3.63) is 83.2 Å². The van der Waals surface area contributed by atoms with Crippen LogP contribution in [0.3, 0.4) is 0 Å². The van der Waals surface area contributed by atoms with Crippen molar-refractivity contribution in [2.24, 2.45) is 0 Å². The summed E-state index contributed by atoms with van der Waals surface area (Å²) in [7, 11) is 2.03. The highest BCUT2D eigenvalue weighted by Gasteiger charge is 2.19. The van der Waals surface area contributed by atoms with Gasteiger partial charge in [0.05, 0.1) is 12.7 Å². The zero-order valence-corrected chi connectivity index (χ0v) is 17.4. The molecular weight excluding hydrogens is 378 g/mol. The molecule has 0 amide bonds. The fraction of sp³-hybridized carbons (Fsp3) is 0.375. The van der Waals surface area contributed by atoms with Crippen molar-refractivity contribution in [3.63, 3.8) is 0 Å². The molecule has 2 aromatic carbocycles. The molecule has 1 aliphatic rings. The van der Waals surface area contributed by atoms with Crippen molar-refractivity contribution in [3.8, 4) is 5.75 Å². The summed E-state index contributed by atoms with van der Waals surface area (Å²) in [5.74, 6) is 1.64. The van der Waals surface area contributed by atoms with Crippen molar-refractivity contribution >= 4 is 0 Å². The van der Waals surface area contributed by atoms with Crippen molar-refractivity contribution < 1.29 is 14.4 Å². The van der Waals surface area contributed by atoms with Crippen LogP contribution in [0.1, 0.15) is 22.5 Å². The van der Waals surface area contributed by atoms with Crippen LogP contribution < -0.4 is 4.74 Å². The van der Waals surface area contributed by atoms with Gasteiger partial charge in [-0.2, -0.15) is 0 Å². The molecule has 1 N–H and O–H groups in total. The molecule has 3 aromatic rings. The molecule has 0 fully saturated rings. The van der Waals surface area contributed by atoms with E-state index in [1.165, 1.54) is 11.1 Å². The van der Waals surface area contributed by atoms with E-state index in [-0.39, 0.29) is 6.61 Å². The van der Waals surface area contributed by atoms with Crippen LogP contribution in [-0.4, -0.2) is 52.9 Å². The Bertz CT molecular complexity index is 929. The van der Waals surface area contributed by atoms with E-state index in [2.05, 4.69) is 45.3 Å². The number of hydrogen-bond donors (Lipinski definition) is 1. The van der Waals surface area contributed by atoms with Crippen LogP contribution >= 0.6 is 0 Å². The zero-order chi connectivity index (χ0) is 20.8. The smallest absolute Gasteiger partial charge is 0.150 e. The maximum Gasteiger partial charge on any atom is 0.150 e. The summed E-state index contributed by atoms with van der Waals surface area (Å²) in [6, 6.07) is 18.4. The van der Waals surface area contributed by atoms with Gasteiger partial charge in [-0.05, 0) is 30.7 Å². The van der Waals surface area contributed by atoms with Gasteiger partial charge in [0, 0.05) is 37.8 Å². The molecule has 0 bridgehead atoms. The maximum absolute atomic E-state index is 10.6. The number of aliphatic hydroxyl groups excluding tert-OH is 1. The van der Waals surface area contributed by atoms with Crippen LogP contribution in [-0.2, 0) is 26.1 Å². The largest absolute Gasteiger partial charge is 0.491 e. The second-order valence-corrected chi connectivity index (χ2v) is 7.98. The summed E-state index contributed by atoms with van der Waals surface area (Å²) in [4.78, 5) is 4.44. The highest BCUT2D eigenvalue weighted by Crippen LogP contribution is 2.21. The predicted octanol–water partition coefficient (Wildman–Crippen LogP) is 3.10. The van der Waals surface area contributed by atoms with Gasteiger partial charge >= 0.3 is 0 Å². The third-order valence-electron chi connectivity index (χ3n) is 5.44. The molecule has 4 rings (SSSR count). The Morgan fingerprint density at radius 3 is 2.73 bits per heavy atom. The average molecular weight is 408 g/mol. The molecule has 0 aliphatic carbocycles. The SMILES string of the molecule is CN(Cc1ccno1)Cc1ccccc1OCC(O)CN1CCc2ccccc2C1. The van der Waals surface area contributed by atoms with Crippen molar-refractivity contribution in [1.82, 2.24) is 15.0 Å². The first-order chi connectivity index (χ1) is 14.7. The zero-order valence-electron chi connectivity index (χ0n) is 17.4. The first-order valence-electron chi connectivity index (χ1n) is 10.4. The van der Waals surface area contributed by atoms with Crippen LogP contribution in [0.15, 0.2) is 65.3 Å². The molecule has 1 unspecified atom stereocenters. The minimum absolute atomic E-state index is 0.279. The van der Waals surface area contributed by atoms with Gasteiger partial charge in [-0.1, -0.05) is 47.6 Å². The van der Waals surface area contributed by atoms with Gasteiger partial charge in [0.1, 0.15) is 18.5 Å². The number of aromatic nitrogens is 1. The minimum atomic E-state index is -0.532. The van der Waals surface area contributed by atoms with Crippen LogP contribution in [0.5, 0.6) is 5.75 Å². The average Bonchev–Trinajstić information content (AvgIpc) is 3.26. The Morgan fingerprint density at radius 1 is 1.10 bits per heavy atom. The van der Waals surface area contributed by atoms with E-state index in [9.17, 15) is 5.11 Å². The fourth-order valence-corrected chi connectivity index (χ4v) is 3.96. The van der Waals surface area contributed by atoms with E-state index in [1.54, 1.807) is 6.20 Å². The van der Waals surface area contributed by atoms with E-state index < -0.39 is 6.10 Å². The number of fused-ring (bicyclic) bond motifs is 1. The quantitative estimate of drug-likeness (QED) is 0.588. The topological polar surface area (TPSA) is 62.0 Å². The highest BCUT2D eigenvalue weighted by atomic mass is 16.5. The normalized spacial score (nSPS) is 15.2. The molecule has 0 saturated heterocycles. The van der Waals surface area contributed by atoms with E-state index in [4.69, 9.17) is 9.26 Å². The third kappa shape index (κ3) is 5.48. The standard InChI is InChI=1S/C24H29N3O3/c1-26(17-23-10-12-25-30-23)14-21-8-4-5-9-24(21)29-18-22(28)16-27-13-11-19-6-2-3-7-20(19)15-27/h2-10,12,22,28H,11,13-18H2,1H3. The Labute approximate surface area is 177 Å². The van der Waals surface area contributed by atoms with Gasteiger partial charge in [0.15, 0.2) is 5.76 Å².